The van der Waals surface area contributed by atoms with E-state index in [1.165, 1.54) is 5.56 Å². The van der Waals surface area contributed by atoms with Gasteiger partial charge in [-0.3, -0.25) is 4.98 Å². The number of nitrogens with zero attached hydrogens (tertiary/aromatic N) is 4. The Balaban J connectivity index is 1.66. The Morgan fingerprint density at radius 3 is 2.83 bits per heavy atom. The lowest BCUT2D eigenvalue weighted by atomic mass is 10.0. The van der Waals surface area contributed by atoms with Crippen molar-refractivity contribution < 1.29 is 4.74 Å². The quantitative estimate of drug-likeness (QED) is 0.741. The van der Waals surface area contributed by atoms with E-state index in [1.807, 2.05) is 36.7 Å². The number of aromatic nitrogens is 4. The van der Waals surface area contributed by atoms with Crippen molar-refractivity contribution in [1.82, 2.24) is 19.9 Å². The smallest absolute Gasteiger partial charge is 0.214 e. The Bertz CT molecular complexity index is 806. The van der Waals surface area contributed by atoms with Gasteiger partial charge < -0.3 is 4.74 Å². The molecule has 5 nitrogen and oxygen atoms in total. The number of hydrogen-bond acceptors (Lipinski definition) is 5. The van der Waals surface area contributed by atoms with E-state index in [9.17, 15) is 0 Å². The van der Waals surface area contributed by atoms with Crippen LogP contribution in [0.4, 0.5) is 0 Å². The van der Waals surface area contributed by atoms with Gasteiger partial charge in [0, 0.05) is 35.9 Å². The Morgan fingerprint density at radius 2 is 2.00 bits per heavy atom. The summed E-state index contributed by atoms with van der Waals surface area (Å²) in [5.41, 5.74) is 5.45. The number of pyridine rings is 2. The van der Waals surface area contributed by atoms with Crippen molar-refractivity contribution in [3.8, 4) is 17.0 Å². The molecule has 0 aromatic carbocycles. The number of aryl methyl sites for hydroxylation is 1. The van der Waals surface area contributed by atoms with Gasteiger partial charge in [-0.25, -0.2) is 15.0 Å². The van der Waals surface area contributed by atoms with Gasteiger partial charge in [-0.15, -0.1) is 0 Å². The third kappa shape index (κ3) is 2.90. The average molecular weight is 304 g/mol. The van der Waals surface area contributed by atoms with Crippen LogP contribution in [-0.2, 0) is 19.4 Å². The molecule has 0 spiro atoms. The lowest BCUT2D eigenvalue weighted by molar-refractivity contribution is 0.288. The molecule has 5 heteroatoms. The summed E-state index contributed by atoms with van der Waals surface area (Å²) in [7, 11) is 0. The molecule has 3 heterocycles. The molecule has 3 aromatic heterocycles. The summed E-state index contributed by atoms with van der Waals surface area (Å²) in [4.78, 5) is 17.2. The highest BCUT2D eigenvalue weighted by molar-refractivity contribution is 5.68. The normalized spacial score (nSPS) is 12.9. The minimum atomic E-state index is 0.414. The zero-order chi connectivity index (χ0) is 15.5. The maximum atomic E-state index is 5.87. The molecule has 0 atom stereocenters. The molecule has 3 aromatic rings. The van der Waals surface area contributed by atoms with Gasteiger partial charge in [0.05, 0.1) is 5.69 Å². The van der Waals surface area contributed by atoms with Crippen LogP contribution in [0.3, 0.4) is 0 Å². The van der Waals surface area contributed by atoms with Gasteiger partial charge >= 0.3 is 0 Å². The fraction of sp³-hybridized carbons (Fsp3) is 0.222. The van der Waals surface area contributed by atoms with E-state index in [0.29, 0.717) is 12.5 Å². The van der Waals surface area contributed by atoms with Crippen LogP contribution in [0.2, 0.25) is 0 Å². The molecule has 0 radical (unpaired) electrons. The van der Waals surface area contributed by atoms with Gasteiger partial charge in [-0.05, 0) is 42.5 Å². The van der Waals surface area contributed by atoms with E-state index in [1.54, 1.807) is 12.5 Å². The third-order valence-electron chi connectivity index (χ3n) is 3.99. The summed E-state index contributed by atoms with van der Waals surface area (Å²) in [6, 6.07) is 7.78. The van der Waals surface area contributed by atoms with Crippen LogP contribution >= 0.6 is 0 Å². The van der Waals surface area contributed by atoms with Crippen molar-refractivity contribution in [2.75, 3.05) is 0 Å². The lowest BCUT2D eigenvalue weighted by Gasteiger charge is -2.11. The minimum absolute atomic E-state index is 0.414. The molecule has 1 aliphatic rings. The molecule has 0 saturated heterocycles. The molecule has 0 aliphatic heterocycles. The number of hydrogen-bond donors (Lipinski definition) is 0. The van der Waals surface area contributed by atoms with Crippen LogP contribution in [-0.4, -0.2) is 19.9 Å². The second-order valence-electron chi connectivity index (χ2n) is 5.52. The zero-order valence-electron chi connectivity index (χ0n) is 12.6. The zero-order valence-corrected chi connectivity index (χ0v) is 12.6. The predicted molar refractivity (Wildman–Crippen MR) is 85.9 cm³/mol. The molecule has 4 rings (SSSR count). The van der Waals surface area contributed by atoms with Gasteiger partial charge in [-0.2, -0.15) is 0 Å². The molecule has 0 unspecified atom stereocenters. The molecule has 0 bridgehead atoms. The van der Waals surface area contributed by atoms with E-state index in [4.69, 9.17) is 4.74 Å². The monoisotopic (exact) mass is 304 g/mol. The average Bonchev–Trinajstić information content (AvgIpc) is 3.09. The van der Waals surface area contributed by atoms with Gasteiger partial charge in [-0.1, -0.05) is 6.07 Å². The van der Waals surface area contributed by atoms with E-state index in [-0.39, 0.29) is 0 Å². The van der Waals surface area contributed by atoms with Crippen molar-refractivity contribution in [2.24, 2.45) is 0 Å². The van der Waals surface area contributed by atoms with Crippen molar-refractivity contribution in [2.45, 2.75) is 25.9 Å². The van der Waals surface area contributed by atoms with Gasteiger partial charge in [0.2, 0.25) is 5.88 Å². The number of rotatable bonds is 4. The molecule has 0 fully saturated rings. The summed E-state index contributed by atoms with van der Waals surface area (Å²) in [5.74, 6) is 0.634. The second kappa shape index (κ2) is 6.12. The van der Waals surface area contributed by atoms with Gasteiger partial charge in [0.15, 0.2) is 0 Å². The summed E-state index contributed by atoms with van der Waals surface area (Å²) >= 11 is 0. The first-order chi connectivity index (χ1) is 11.4. The summed E-state index contributed by atoms with van der Waals surface area (Å²) in [5, 5.41) is 0. The first-order valence-corrected chi connectivity index (χ1v) is 7.71. The Morgan fingerprint density at radius 1 is 1.09 bits per heavy atom. The van der Waals surface area contributed by atoms with Crippen molar-refractivity contribution >= 4 is 0 Å². The minimum Gasteiger partial charge on any atom is -0.471 e. The molecule has 23 heavy (non-hydrogen) atoms. The highest BCUT2D eigenvalue weighted by Crippen LogP contribution is 2.33. The Labute approximate surface area is 134 Å². The molecule has 0 amide bonds. The highest BCUT2D eigenvalue weighted by Gasteiger charge is 2.19. The summed E-state index contributed by atoms with van der Waals surface area (Å²) < 4.78 is 5.87. The van der Waals surface area contributed by atoms with Crippen LogP contribution in [0.15, 0.2) is 49.2 Å². The Kier molecular flexibility index (Phi) is 3.68. The van der Waals surface area contributed by atoms with Crippen LogP contribution in [0, 0.1) is 0 Å². The van der Waals surface area contributed by atoms with Crippen LogP contribution in [0.25, 0.3) is 11.1 Å². The largest absolute Gasteiger partial charge is 0.471 e. The number of fused-ring (bicyclic) bond motifs is 1. The standard InChI is InChI=1S/C18H16N4O/c1-2-7-21-14(4-1)11-23-18-8-16(13-9-19-12-20-10-13)15-5-3-6-17(15)22-18/h1-2,4,7-10,12H,3,5-6,11H2. The molecule has 114 valence electrons. The topological polar surface area (TPSA) is 60.8 Å². The third-order valence-corrected chi connectivity index (χ3v) is 3.99. The molecule has 0 N–H and O–H groups in total. The first kappa shape index (κ1) is 13.8. The van der Waals surface area contributed by atoms with Gasteiger partial charge in [0.25, 0.3) is 0 Å². The van der Waals surface area contributed by atoms with Crippen LogP contribution in [0.1, 0.15) is 23.4 Å². The maximum Gasteiger partial charge on any atom is 0.214 e. The molecular weight excluding hydrogens is 288 g/mol. The first-order valence-electron chi connectivity index (χ1n) is 7.71. The fourth-order valence-corrected chi connectivity index (χ4v) is 2.92. The molecular formula is C18H16N4O. The number of ether oxygens (including phenoxy) is 1. The van der Waals surface area contributed by atoms with E-state index in [0.717, 1.165) is 41.8 Å². The predicted octanol–water partition coefficient (Wildman–Crippen LogP) is 3.00. The maximum absolute atomic E-state index is 5.87. The fourth-order valence-electron chi connectivity index (χ4n) is 2.92. The van der Waals surface area contributed by atoms with E-state index >= 15 is 0 Å². The van der Waals surface area contributed by atoms with Gasteiger partial charge in [0.1, 0.15) is 12.9 Å². The Hall–Kier alpha value is -2.82. The lowest BCUT2D eigenvalue weighted by Crippen LogP contribution is -2.02. The SMILES string of the molecule is c1ccc(COc2cc(-c3cncnc3)c3c(n2)CCC3)nc1. The van der Waals surface area contributed by atoms with Crippen LogP contribution in [0.5, 0.6) is 5.88 Å². The van der Waals surface area contributed by atoms with Crippen LogP contribution < -0.4 is 4.74 Å². The second-order valence-corrected chi connectivity index (χ2v) is 5.52. The highest BCUT2D eigenvalue weighted by atomic mass is 16.5. The van der Waals surface area contributed by atoms with Crippen molar-refractivity contribution in [3.05, 3.63) is 66.1 Å². The molecule has 0 saturated carbocycles. The summed E-state index contributed by atoms with van der Waals surface area (Å²) in [6.07, 6.45) is 10.2. The van der Waals surface area contributed by atoms with E-state index < -0.39 is 0 Å². The molecule has 1 aliphatic carbocycles. The summed E-state index contributed by atoms with van der Waals surface area (Å²) in [6.45, 7) is 0.414. The van der Waals surface area contributed by atoms with Crippen molar-refractivity contribution in [3.63, 3.8) is 0 Å². The van der Waals surface area contributed by atoms with Crippen molar-refractivity contribution in [1.29, 1.82) is 0 Å². The van der Waals surface area contributed by atoms with E-state index in [2.05, 4.69) is 19.9 Å².